The van der Waals surface area contributed by atoms with Gasteiger partial charge < -0.3 is 15.1 Å². The van der Waals surface area contributed by atoms with E-state index in [4.69, 9.17) is 33.0 Å². The van der Waals surface area contributed by atoms with Crippen molar-refractivity contribution < 1.29 is 9.63 Å². The van der Waals surface area contributed by atoms with E-state index < -0.39 is 0 Å². The summed E-state index contributed by atoms with van der Waals surface area (Å²) in [6, 6.07) is 14.2. The molecule has 1 aliphatic rings. The quantitative estimate of drug-likeness (QED) is 0.559. The van der Waals surface area contributed by atoms with E-state index in [0.717, 1.165) is 16.7 Å². The summed E-state index contributed by atoms with van der Waals surface area (Å²) in [5.74, 6) is 0.178. The molecule has 0 fully saturated rings. The van der Waals surface area contributed by atoms with Gasteiger partial charge in [0.1, 0.15) is 7.11 Å². The molecule has 0 bridgehead atoms. The van der Waals surface area contributed by atoms with Crippen LogP contribution in [-0.2, 0) is 13.0 Å². The zero-order valence-corrected chi connectivity index (χ0v) is 19.9. The summed E-state index contributed by atoms with van der Waals surface area (Å²) in [5.41, 5.74) is 2.34. The molecule has 33 heavy (non-hydrogen) atoms. The van der Waals surface area contributed by atoms with Gasteiger partial charge in [-0.2, -0.15) is 0 Å². The van der Waals surface area contributed by atoms with Crippen molar-refractivity contribution in [3.63, 3.8) is 0 Å². The molecular weight excluding hydrogens is 463 g/mol. The van der Waals surface area contributed by atoms with Gasteiger partial charge in [-0.3, -0.25) is 9.59 Å². The number of amides is 1. The lowest BCUT2D eigenvalue weighted by Gasteiger charge is -2.29. The fraction of sp³-hybridized carbons (Fsp3) is 0.292. The lowest BCUT2D eigenvalue weighted by Crippen LogP contribution is -2.42. The van der Waals surface area contributed by atoms with Crippen LogP contribution in [0.1, 0.15) is 46.6 Å². The van der Waals surface area contributed by atoms with Crippen molar-refractivity contribution in [2.24, 2.45) is 0 Å². The second-order valence-electron chi connectivity index (χ2n) is 7.78. The molecule has 4 rings (SSSR count). The number of fused-ring (bicyclic) bond motifs is 1. The minimum absolute atomic E-state index is 0.0832. The number of nitrogens with zero attached hydrogens (tertiary/aromatic N) is 3. The summed E-state index contributed by atoms with van der Waals surface area (Å²) in [7, 11) is 1.42. The highest BCUT2D eigenvalue weighted by atomic mass is 35.5. The van der Waals surface area contributed by atoms with Crippen molar-refractivity contribution in [2.75, 3.05) is 19.0 Å². The van der Waals surface area contributed by atoms with Crippen molar-refractivity contribution in [1.29, 1.82) is 0 Å². The van der Waals surface area contributed by atoms with Crippen LogP contribution < -0.4 is 15.7 Å². The summed E-state index contributed by atoms with van der Waals surface area (Å²) in [5, 5.41) is 4.55. The van der Waals surface area contributed by atoms with E-state index in [-0.39, 0.29) is 24.1 Å². The summed E-state index contributed by atoms with van der Waals surface area (Å²) in [6.07, 6.45) is 1.24. The summed E-state index contributed by atoms with van der Waals surface area (Å²) >= 11 is 11.9. The molecule has 1 N–H and O–H groups in total. The van der Waals surface area contributed by atoms with Gasteiger partial charge in [0.2, 0.25) is 5.95 Å². The Morgan fingerprint density at radius 2 is 1.76 bits per heavy atom. The Morgan fingerprint density at radius 3 is 2.36 bits per heavy atom. The molecular formula is C24H24Cl2N4O3. The predicted octanol–water partition coefficient (Wildman–Crippen LogP) is 4.37. The minimum atomic E-state index is -0.329. The molecule has 0 saturated heterocycles. The van der Waals surface area contributed by atoms with Crippen LogP contribution in [0.4, 0.5) is 5.95 Å². The lowest BCUT2D eigenvalue weighted by molar-refractivity contribution is 0.0728. The van der Waals surface area contributed by atoms with Gasteiger partial charge in [0, 0.05) is 28.6 Å². The molecule has 0 saturated carbocycles. The van der Waals surface area contributed by atoms with Crippen LogP contribution in [0, 0.1) is 0 Å². The largest absolute Gasteiger partial charge is 0.411 e. The van der Waals surface area contributed by atoms with Crippen molar-refractivity contribution in [2.45, 2.75) is 32.4 Å². The first kappa shape index (κ1) is 23.1. The van der Waals surface area contributed by atoms with Crippen LogP contribution in [0.2, 0.25) is 10.0 Å². The molecule has 3 aromatic rings. The second-order valence-corrected chi connectivity index (χ2v) is 8.66. The average molecular weight is 487 g/mol. The number of halogens is 2. The fourth-order valence-electron chi connectivity index (χ4n) is 3.94. The average Bonchev–Trinajstić information content (AvgIpc) is 2.83. The highest BCUT2D eigenvalue weighted by Crippen LogP contribution is 2.24. The Morgan fingerprint density at radius 1 is 1.12 bits per heavy atom. The summed E-state index contributed by atoms with van der Waals surface area (Å²) < 4.78 is 1.15. The summed E-state index contributed by atoms with van der Waals surface area (Å²) in [6.45, 7) is 2.67. The number of carbonyl (C=O) groups excluding carboxylic acids is 1. The number of carbonyl (C=O) groups is 1. The number of hydrogen-bond acceptors (Lipinski definition) is 5. The number of benzene rings is 2. The van der Waals surface area contributed by atoms with Gasteiger partial charge in [0.25, 0.3) is 11.5 Å². The Kier molecular flexibility index (Phi) is 6.91. The van der Waals surface area contributed by atoms with E-state index in [1.165, 1.54) is 7.11 Å². The topological polar surface area (TPSA) is 76.5 Å². The molecule has 1 atom stereocenters. The van der Waals surface area contributed by atoms with Gasteiger partial charge in [0.15, 0.2) is 0 Å². The van der Waals surface area contributed by atoms with Crippen molar-refractivity contribution in [3.05, 3.63) is 91.3 Å². The zero-order chi connectivity index (χ0) is 23.5. The minimum Gasteiger partial charge on any atom is -0.411 e. The smallest absolute Gasteiger partial charge is 0.293 e. The molecule has 2 heterocycles. The molecule has 2 aromatic carbocycles. The molecule has 0 aliphatic carbocycles. The first-order chi connectivity index (χ1) is 15.9. The number of nitrogens with one attached hydrogen (secondary N) is 1. The van der Waals surface area contributed by atoms with Crippen molar-refractivity contribution in [1.82, 2.24) is 14.6 Å². The van der Waals surface area contributed by atoms with Gasteiger partial charge in [-0.05, 0) is 48.4 Å². The van der Waals surface area contributed by atoms with Crippen molar-refractivity contribution >= 4 is 35.1 Å². The molecule has 172 valence electrons. The third kappa shape index (κ3) is 4.84. The van der Waals surface area contributed by atoms with Gasteiger partial charge >= 0.3 is 0 Å². The van der Waals surface area contributed by atoms with Crippen LogP contribution in [-0.4, -0.2) is 34.2 Å². The molecule has 1 aromatic heterocycles. The van der Waals surface area contributed by atoms with E-state index in [9.17, 15) is 9.59 Å². The van der Waals surface area contributed by atoms with Gasteiger partial charge in [0.05, 0.1) is 23.8 Å². The second kappa shape index (κ2) is 9.85. The Bertz CT molecular complexity index is 1210. The molecule has 0 spiro atoms. The molecule has 9 heteroatoms. The maximum Gasteiger partial charge on any atom is 0.293 e. The first-order valence-corrected chi connectivity index (χ1v) is 11.4. The van der Waals surface area contributed by atoms with E-state index in [1.807, 2.05) is 31.2 Å². The highest BCUT2D eigenvalue weighted by molar-refractivity contribution is 6.30. The SMILES string of the molecule is CC[C@@H](Nc1nc2c(c(=O)n1OC)CN(C(=O)c1ccc(Cl)cc1)CC2)c1ccc(Cl)cc1. The zero-order valence-electron chi connectivity index (χ0n) is 18.3. The maximum atomic E-state index is 13.3. The number of anilines is 1. The van der Waals surface area contributed by atoms with Crippen LogP contribution in [0.15, 0.2) is 53.3 Å². The number of aromatic nitrogens is 2. The Hall–Kier alpha value is -3.03. The van der Waals surface area contributed by atoms with Crippen LogP contribution in [0.25, 0.3) is 0 Å². The monoisotopic (exact) mass is 486 g/mol. The molecule has 1 aliphatic heterocycles. The highest BCUT2D eigenvalue weighted by Gasteiger charge is 2.28. The van der Waals surface area contributed by atoms with Crippen LogP contribution in [0.5, 0.6) is 0 Å². The lowest BCUT2D eigenvalue weighted by atomic mass is 10.0. The normalized spacial score (nSPS) is 13.9. The van der Waals surface area contributed by atoms with E-state index in [1.54, 1.807) is 29.2 Å². The van der Waals surface area contributed by atoms with E-state index in [2.05, 4.69) is 5.32 Å². The Balaban J connectivity index is 1.61. The van der Waals surface area contributed by atoms with Crippen LogP contribution >= 0.6 is 23.2 Å². The van der Waals surface area contributed by atoms with Gasteiger partial charge in [-0.1, -0.05) is 42.3 Å². The standard InChI is InChI=1S/C24H24Cl2N4O3/c1-3-20(15-4-8-17(25)9-5-15)27-24-28-21-12-13-29(14-19(21)23(32)30(24)33-2)22(31)16-6-10-18(26)11-7-16/h4-11,20H,3,12-14H2,1-2H3,(H,27,28)/t20-/m1/s1. The Labute approximate surface area is 201 Å². The predicted molar refractivity (Wildman–Crippen MR) is 129 cm³/mol. The first-order valence-electron chi connectivity index (χ1n) is 10.7. The maximum absolute atomic E-state index is 13.3. The van der Waals surface area contributed by atoms with Crippen molar-refractivity contribution in [3.8, 4) is 0 Å². The molecule has 0 unspecified atom stereocenters. The third-order valence-corrected chi connectivity index (χ3v) is 6.24. The third-order valence-electron chi connectivity index (χ3n) is 5.74. The number of rotatable bonds is 6. The van der Waals surface area contributed by atoms with E-state index >= 15 is 0 Å². The fourth-order valence-corrected chi connectivity index (χ4v) is 4.19. The summed E-state index contributed by atoms with van der Waals surface area (Å²) in [4.78, 5) is 37.9. The van der Waals surface area contributed by atoms with Crippen LogP contribution in [0.3, 0.4) is 0 Å². The molecule has 7 nitrogen and oxygen atoms in total. The van der Waals surface area contributed by atoms with Gasteiger partial charge in [-0.15, -0.1) is 4.73 Å². The van der Waals surface area contributed by atoms with Gasteiger partial charge in [-0.25, -0.2) is 4.98 Å². The van der Waals surface area contributed by atoms with E-state index in [0.29, 0.717) is 45.8 Å². The molecule has 1 amide bonds. The molecule has 0 radical (unpaired) electrons. The number of hydrogen-bond donors (Lipinski definition) is 1.